The average Bonchev–Trinajstić information content (AvgIpc) is 2.32. The molecule has 0 fully saturated rings. The van der Waals surface area contributed by atoms with Crippen LogP contribution in [-0.4, -0.2) is 11.0 Å². The number of nitrogens with two attached hydrogens (primary N) is 1. The molecule has 1 atom stereocenters. The molecule has 0 aliphatic carbocycles. The van der Waals surface area contributed by atoms with Gasteiger partial charge in [0.1, 0.15) is 5.75 Å². The quantitative estimate of drug-likeness (QED) is 0.912. The van der Waals surface area contributed by atoms with E-state index in [2.05, 4.69) is 11.1 Å². The van der Waals surface area contributed by atoms with Gasteiger partial charge in [0.25, 0.3) is 0 Å². The van der Waals surface area contributed by atoms with Gasteiger partial charge in [0.05, 0.1) is 0 Å². The molecule has 0 spiro atoms. The van der Waals surface area contributed by atoms with E-state index in [4.69, 9.17) is 10.5 Å². The lowest BCUT2D eigenvalue weighted by Gasteiger charge is -2.10. The maximum absolute atomic E-state index is 5.81. The summed E-state index contributed by atoms with van der Waals surface area (Å²) in [5, 5.41) is 0. The molecule has 0 bridgehead atoms. The molecule has 3 heteroatoms. The molecule has 1 unspecified atom stereocenters. The Labute approximate surface area is 114 Å². The summed E-state index contributed by atoms with van der Waals surface area (Å²) in [4.78, 5) is 4.38. The predicted octanol–water partition coefficient (Wildman–Crippen LogP) is 3.38. The molecule has 1 aromatic carbocycles. The van der Waals surface area contributed by atoms with Crippen LogP contribution in [0.4, 0.5) is 0 Å². The van der Waals surface area contributed by atoms with Gasteiger partial charge in [-0.3, -0.25) is 0 Å². The minimum absolute atomic E-state index is 0.143. The first kappa shape index (κ1) is 13.6. The van der Waals surface area contributed by atoms with Crippen molar-refractivity contribution in [3.63, 3.8) is 0 Å². The third-order valence-electron chi connectivity index (χ3n) is 2.85. The lowest BCUT2D eigenvalue weighted by Crippen LogP contribution is -2.17. The Bertz CT molecular complexity index is 564. The van der Waals surface area contributed by atoms with Crippen LogP contribution in [0.5, 0.6) is 11.6 Å². The summed E-state index contributed by atoms with van der Waals surface area (Å²) < 4.78 is 5.81. The van der Waals surface area contributed by atoms with Gasteiger partial charge < -0.3 is 10.5 Å². The van der Waals surface area contributed by atoms with Crippen molar-refractivity contribution in [2.24, 2.45) is 5.73 Å². The number of pyridine rings is 1. The van der Waals surface area contributed by atoms with Crippen LogP contribution < -0.4 is 10.5 Å². The lowest BCUT2D eigenvalue weighted by atomic mass is 10.1. The monoisotopic (exact) mass is 256 g/mol. The fourth-order valence-electron chi connectivity index (χ4n) is 2.00. The Morgan fingerprint density at radius 3 is 2.68 bits per heavy atom. The predicted molar refractivity (Wildman–Crippen MR) is 77.6 cm³/mol. The third kappa shape index (κ3) is 3.80. The molecular formula is C16H20N2O. The highest BCUT2D eigenvalue weighted by Crippen LogP contribution is 2.24. The van der Waals surface area contributed by atoms with Gasteiger partial charge in [-0.05, 0) is 56.5 Å². The molecule has 3 nitrogen and oxygen atoms in total. The maximum atomic E-state index is 5.81. The van der Waals surface area contributed by atoms with Crippen molar-refractivity contribution in [2.45, 2.75) is 33.2 Å². The normalized spacial score (nSPS) is 12.2. The number of aryl methyl sites for hydroxylation is 2. The van der Waals surface area contributed by atoms with Gasteiger partial charge in [0.2, 0.25) is 5.88 Å². The van der Waals surface area contributed by atoms with Gasteiger partial charge in [-0.25, -0.2) is 4.98 Å². The first-order valence-corrected chi connectivity index (χ1v) is 6.50. The molecule has 2 aromatic rings. The number of hydrogen-bond acceptors (Lipinski definition) is 3. The lowest BCUT2D eigenvalue weighted by molar-refractivity contribution is 0.458. The van der Waals surface area contributed by atoms with Crippen molar-refractivity contribution in [1.29, 1.82) is 0 Å². The summed E-state index contributed by atoms with van der Waals surface area (Å²) in [6.07, 6.45) is 2.67. The highest BCUT2D eigenvalue weighted by atomic mass is 16.5. The molecule has 1 aromatic heterocycles. The molecule has 100 valence electrons. The van der Waals surface area contributed by atoms with Crippen LogP contribution >= 0.6 is 0 Å². The number of aromatic nitrogens is 1. The number of nitrogens with zero attached hydrogens (tertiary/aromatic N) is 1. The first-order chi connectivity index (χ1) is 9.04. The van der Waals surface area contributed by atoms with Gasteiger partial charge >= 0.3 is 0 Å². The fraction of sp³-hybridized carbons (Fsp3) is 0.312. The highest BCUT2D eigenvalue weighted by molar-refractivity contribution is 5.35. The molecule has 0 aliphatic heterocycles. The van der Waals surface area contributed by atoms with Crippen molar-refractivity contribution in [1.82, 2.24) is 4.98 Å². The zero-order valence-electron chi connectivity index (χ0n) is 11.7. The van der Waals surface area contributed by atoms with Crippen LogP contribution in [0.25, 0.3) is 0 Å². The van der Waals surface area contributed by atoms with E-state index >= 15 is 0 Å². The molecule has 0 aliphatic rings. The number of benzene rings is 1. The number of ether oxygens (including phenoxy) is 1. The van der Waals surface area contributed by atoms with E-state index in [9.17, 15) is 0 Å². The van der Waals surface area contributed by atoms with E-state index in [1.54, 1.807) is 0 Å². The second-order valence-electron chi connectivity index (χ2n) is 5.07. The van der Waals surface area contributed by atoms with Crippen LogP contribution in [-0.2, 0) is 6.42 Å². The molecule has 0 radical (unpaired) electrons. The molecule has 0 amide bonds. The molecule has 2 rings (SSSR count). The Balaban J connectivity index is 2.17. The molecule has 0 saturated carbocycles. The zero-order chi connectivity index (χ0) is 13.8. The van der Waals surface area contributed by atoms with Crippen molar-refractivity contribution in [3.8, 4) is 11.6 Å². The fourth-order valence-corrected chi connectivity index (χ4v) is 2.00. The Morgan fingerprint density at radius 2 is 2.05 bits per heavy atom. The highest BCUT2D eigenvalue weighted by Gasteiger charge is 2.06. The SMILES string of the molecule is Cc1cccc(Oc2ncc(CC(C)N)cc2C)c1. The zero-order valence-corrected chi connectivity index (χ0v) is 11.7. The molecule has 0 saturated heterocycles. The summed E-state index contributed by atoms with van der Waals surface area (Å²) in [5.41, 5.74) is 9.13. The summed E-state index contributed by atoms with van der Waals surface area (Å²) in [5.74, 6) is 1.47. The number of rotatable bonds is 4. The molecule has 2 N–H and O–H groups in total. The second-order valence-corrected chi connectivity index (χ2v) is 5.07. The van der Waals surface area contributed by atoms with E-state index in [-0.39, 0.29) is 6.04 Å². The van der Waals surface area contributed by atoms with Gasteiger partial charge in [-0.1, -0.05) is 12.1 Å². The van der Waals surface area contributed by atoms with E-state index in [1.165, 1.54) is 5.56 Å². The van der Waals surface area contributed by atoms with Crippen molar-refractivity contribution < 1.29 is 4.74 Å². The van der Waals surface area contributed by atoms with Crippen molar-refractivity contribution in [3.05, 3.63) is 53.2 Å². The Kier molecular flexibility index (Phi) is 4.17. The summed E-state index contributed by atoms with van der Waals surface area (Å²) in [7, 11) is 0. The summed E-state index contributed by atoms with van der Waals surface area (Å²) in [6, 6.07) is 10.2. The Hall–Kier alpha value is -1.87. The first-order valence-electron chi connectivity index (χ1n) is 6.50. The van der Waals surface area contributed by atoms with Gasteiger partial charge in [0, 0.05) is 17.8 Å². The second kappa shape index (κ2) is 5.85. The number of hydrogen-bond donors (Lipinski definition) is 1. The molecule has 19 heavy (non-hydrogen) atoms. The topological polar surface area (TPSA) is 48.1 Å². The smallest absolute Gasteiger partial charge is 0.222 e. The van der Waals surface area contributed by atoms with Gasteiger partial charge in [-0.15, -0.1) is 0 Å². The van der Waals surface area contributed by atoms with Crippen molar-refractivity contribution >= 4 is 0 Å². The van der Waals surface area contributed by atoms with Gasteiger partial charge in [0.15, 0.2) is 0 Å². The molecule has 1 heterocycles. The summed E-state index contributed by atoms with van der Waals surface area (Å²) in [6.45, 7) is 6.04. The van der Waals surface area contributed by atoms with Crippen molar-refractivity contribution in [2.75, 3.05) is 0 Å². The van der Waals surface area contributed by atoms with E-state index < -0.39 is 0 Å². The largest absolute Gasteiger partial charge is 0.439 e. The van der Waals surface area contributed by atoms with Crippen LogP contribution in [0.15, 0.2) is 36.5 Å². The van der Waals surface area contributed by atoms with E-state index in [0.29, 0.717) is 5.88 Å². The van der Waals surface area contributed by atoms with E-state index in [1.807, 2.05) is 51.2 Å². The van der Waals surface area contributed by atoms with Crippen LogP contribution in [0.2, 0.25) is 0 Å². The van der Waals surface area contributed by atoms with Gasteiger partial charge in [-0.2, -0.15) is 0 Å². The van der Waals surface area contributed by atoms with E-state index in [0.717, 1.165) is 23.3 Å². The summed E-state index contributed by atoms with van der Waals surface area (Å²) >= 11 is 0. The molecular weight excluding hydrogens is 236 g/mol. The van der Waals surface area contributed by atoms with Crippen LogP contribution in [0, 0.1) is 13.8 Å². The third-order valence-corrected chi connectivity index (χ3v) is 2.85. The maximum Gasteiger partial charge on any atom is 0.222 e. The minimum atomic E-state index is 0.143. The Morgan fingerprint density at radius 1 is 1.26 bits per heavy atom. The van der Waals surface area contributed by atoms with Crippen LogP contribution in [0.3, 0.4) is 0 Å². The average molecular weight is 256 g/mol. The minimum Gasteiger partial charge on any atom is -0.439 e. The van der Waals surface area contributed by atoms with Crippen LogP contribution in [0.1, 0.15) is 23.6 Å². The standard InChI is InChI=1S/C16H20N2O/c1-11-5-4-6-15(7-11)19-16-12(2)8-14(10-18-16)9-13(3)17/h4-8,10,13H,9,17H2,1-3H3.